The highest BCUT2D eigenvalue weighted by Crippen LogP contribution is 2.49. The molecular formula is C16H17N5OS. The van der Waals surface area contributed by atoms with Crippen molar-refractivity contribution in [2.24, 2.45) is 5.73 Å². The maximum Gasteiger partial charge on any atom is 0.110 e. The molecule has 1 aliphatic heterocycles. The van der Waals surface area contributed by atoms with Crippen LogP contribution in [-0.2, 0) is 6.54 Å². The van der Waals surface area contributed by atoms with E-state index in [2.05, 4.69) is 22.4 Å². The highest BCUT2D eigenvalue weighted by molar-refractivity contribution is 7.99. The number of hydrogen-bond acceptors (Lipinski definition) is 6. The molecule has 0 amide bonds. The van der Waals surface area contributed by atoms with E-state index in [1.165, 1.54) is 0 Å². The number of benzene rings is 1. The van der Waals surface area contributed by atoms with Gasteiger partial charge in [0.15, 0.2) is 0 Å². The molecular weight excluding hydrogens is 310 g/mol. The van der Waals surface area contributed by atoms with E-state index in [-0.39, 0.29) is 6.61 Å². The molecule has 4 N–H and O–H groups in total. The van der Waals surface area contributed by atoms with Gasteiger partial charge in [0.2, 0.25) is 0 Å². The Labute approximate surface area is 137 Å². The molecule has 118 valence electrons. The first-order chi connectivity index (χ1) is 11.3. The molecule has 0 fully saturated rings. The van der Waals surface area contributed by atoms with Gasteiger partial charge in [0, 0.05) is 40.8 Å². The lowest BCUT2D eigenvalue weighted by atomic mass is 10.1. The first kappa shape index (κ1) is 14.5. The van der Waals surface area contributed by atoms with Crippen LogP contribution < -0.4 is 11.1 Å². The number of nitrogens with zero attached hydrogens (tertiary/aromatic N) is 3. The Morgan fingerprint density at radius 3 is 3.04 bits per heavy atom. The summed E-state index contributed by atoms with van der Waals surface area (Å²) in [5, 5.41) is 19.2. The van der Waals surface area contributed by atoms with Crippen LogP contribution >= 0.6 is 11.8 Å². The fourth-order valence-electron chi connectivity index (χ4n) is 2.91. The van der Waals surface area contributed by atoms with Crippen LogP contribution in [-0.4, -0.2) is 39.6 Å². The average Bonchev–Trinajstić information content (AvgIpc) is 2.95. The third-order valence-electron chi connectivity index (χ3n) is 3.86. The molecule has 0 bridgehead atoms. The summed E-state index contributed by atoms with van der Waals surface area (Å²) in [6.07, 6.45) is 1.80. The molecule has 6 nitrogen and oxygen atoms in total. The average molecular weight is 327 g/mol. The van der Waals surface area contributed by atoms with Gasteiger partial charge in [-0.25, -0.2) is 4.98 Å². The van der Waals surface area contributed by atoms with E-state index in [1.54, 1.807) is 18.0 Å². The molecule has 0 unspecified atom stereocenters. The van der Waals surface area contributed by atoms with Crippen LogP contribution in [0.4, 0.5) is 5.69 Å². The van der Waals surface area contributed by atoms with E-state index in [9.17, 15) is 0 Å². The van der Waals surface area contributed by atoms with Crippen LogP contribution in [0.15, 0.2) is 40.4 Å². The standard InChI is InChI=1S/C16H17N5OS/c17-5-8-21-12-4-3-11(18-7-9-22)15-13(12)14(20-21)10-2-1-6-19-16(10)23-15/h1-4,6,18,22H,5,7-9,17H2. The molecule has 1 aliphatic rings. The minimum atomic E-state index is 0.0935. The minimum absolute atomic E-state index is 0.0935. The summed E-state index contributed by atoms with van der Waals surface area (Å²) >= 11 is 1.64. The molecule has 7 heteroatoms. The Balaban J connectivity index is 1.98. The van der Waals surface area contributed by atoms with Crippen LogP contribution in [0.3, 0.4) is 0 Å². The predicted molar refractivity (Wildman–Crippen MR) is 91.7 cm³/mol. The van der Waals surface area contributed by atoms with Crippen molar-refractivity contribution in [3.8, 4) is 11.3 Å². The zero-order chi connectivity index (χ0) is 15.8. The molecule has 0 saturated carbocycles. The van der Waals surface area contributed by atoms with E-state index < -0.39 is 0 Å². The Bertz CT molecular complexity index is 876. The molecule has 23 heavy (non-hydrogen) atoms. The van der Waals surface area contributed by atoms with Gasteiger partial charge in [-0.3, -0.25) is 4.68 Å². The maximum absolute atomic E-state index is 9.09. The number of aliphatic hydroxyl groups excluding tert-OH is 1. The fourth-order valence-corrected chi connectivity index (χ4v) is 4.04. The molecule has 1 aromatic carbocycles. The van der Waals surface area contributed by atoms with Crippen LogP contribution in [0.1, 0.15) is 0 Å². The van der Waals surface area contributed by atoms with Crippen molar-refractivity contribution in [1.29, 1.82) is 0 Å². The molecule has 3 aromatic rings. The van der Waals surface area contributed by atoms with Crippen molar-refractivity contribution in [3.63, 3.8) is 0 Å². The number of hydrogen-bond donors (Lipinski definition) is 3. The molecule has 4 rings (SSSR count). The molecule has 0 aliphatic carbocycles. The number of rotatable bonds is 5. The molecule has 2 aromatic heterocycles. The zero-order valence-electron chi connectivity index (χ0n) is 12.5. The summed E-state index contributed by atoms with van der Waals surface area (Å²) in [6.45, 7) is 1.83. The summed E-state index contributed by atoms with van der Waals surface area (Å²) < 4.78 is 1.96. The first-order valence-corrected chi connectivity index (χ1v) is 8.36. The summed E-state index contributed by atoms with van der Waals surface area (Å²) in [5.74, 6) is 0. The number of nitrogens with one attached hydrogen (secondary N) is 1. The fraction of sp³-hybridized carbons (Fsp3) is 0.250. The number of pyridine rings is 1. The van der Waals surface area contributed by atoms with Gasteiger partial charge in [0.05, 0.1) is 18.7 Å². The second kappa shape index (κ2) is 5.84. The lowest BCUT2D eigenvalue weighted by Gasteiger charge is -2.17. The number of aliphatic hydroxyl groups is 1. The number of aromatic nitrogens is 3. The monoisotopic (exact) mass is 327 g/mol. The van der Waals surface area contributed by atoms with Gasteiger partial charge < -0.3 is 16.2 Å². The van der Waals surface area contributed by atoms with Crippen molar-refractivity contribution < 1.29 is 5.11 Å². The molecule has 3 heterocycles. The van der Waals surface area contributed by atoms with Gasteiger partial charge in [-0.1, -0.05) is 11.8 Å². The summed E-state index contributed by atoms with van der Waals surface area (Å²) in [6, 6.07) is 8.09. The van der Waals surface area contributed by atoms with Gasteiger partial charge in [-0.2, -0.15) is 5.10 Å². The van der Waals surface area contributed by atoms with Crippen LogP contribution in [0.25, 0.3) is 22.2 Å². The molecule has 0 atom stereocenters. The van der Waals surface area contributed by atoms with Gasteiger partial charge in [0.1, 0.15) is 10.7 Å². The summed E-state index contributed by atoms with van der Waals surface area (Å²) in [5.41, 5.74) is 9.83. The smallest absolute Gasteiger partial charge is 0.110 e. The third kappa shape index (κ3) is 2.28. The van der Waals surface area contributed by atoms with Crippen molar-refractivity contribution in [2.45, 2.75) is 16.5 Å². The SMILES string of the molecule is NCCn1nc2c3c(c(NCCO)ccc31)Sc1ncccc1-2. The predicted octanol–water partition coefficient (Wildman–Crippen LogP) is 1.93. The molecule has 0 saturated heterocycles. The van der Waals surface area contributed by atoms with Crippen LogP contribution in [0.5, 0.6) is 0 Å². The third-order valence-corrected chi connectivity index (χ3v) is 5.01. The van der Waals surface area contributed by atoms with E-state index in [1.807, 2.05) is 16.8 Å². The van der Waals surface area contributed by atoms with Gasteiger partial charge >= 0.3 is 0 Å². The highest BCUT2D eigenvalue weighted by atomic mass is 32.2. The van der Waals surface area contributed by atoms with E-state index in [0.29, 0.717) is 19.6 Å². The maximum atomic E-state index is 9.09. The van der Waals surface area contributed by atoms with Gasteiger partial charge in [-0.05, 0) is 24.3 Å². The number of fused-ring (bicyclic) bond motifs is 2. The van der Waals surface area contributed by atoms with Crippen LogP contribution in [0.2, 0.25) is 0 Å². The molecule has 0 spiro atoms. The van der Waals surface area contributed by atoms with E-state index >= 15 is 0 Å². The zero-order valence-corrected chi connectivity index (χ0v) is 13.3. The van der Waals surface area contributed by atoms with Crippen molar-refractivity contribution >= 4 is 28.4 Å². The quantitative estimate of drug-likeness (QED) is 0.519. The van der Waals surface area contributed by atoms with Crippen LogP contribution in [0, 0.1) is 0 Å². The molecule has 0 radical (unpaired) electrons. The topological polar surface area (TPSA) is 89.0 Å². The highest BCUT2D eigenvalue weighted by Gasteiger charge is 2.26. The second-order valence-electron chi connectivity index (χ2n) is 5.31. The summed E-state index contributed by atoms with van der Waals surface area (Å²) in [4.78, 5) is 5.61. The largest absolute Gasteiger partial charge is 0.395 e. The Kier molecular flexibility index (Phi) is 3.68. The number of anilines is 1. The number of nitrogens with two attached hydrogens (primary N) is 1. The summed E-state index contributed by atoms with van der Waals surface area (Å²) in [7, 11) is 0. The first-order valence-electron chi connectivity index (χ1n) is 7.55. The van der Waals surface area contributed by atoms with E-state index in [0.717, 1.165) is 37.8 Å². The van der Waals surface area contributed by atoms with Gasteiger partial charge in [0.25, 0.3) is 0 Å². The lowest BCUT2D eigenvalue weighted by molar-refractivity contribution is 0.311. The van der Waals surface area contributed by atoms with Gasteiger partial charge in [-0.15, -0.1) is 0 Å². The van der Waals surface area contributed by atoms with Crippen molar-refractivity contribution in [1.82, 2.24) is 14.8 Å². The Hall–Kier alpha value is -2.09. The Morgan fingerprint density at radius 1 is 1.30 bits per heavy atom. The van der Waals surface area contributed by atoms with E-state index in [4.69, 9.17) is 15.9 Å². The minimum Gasteiger partial charge on any atom is -0.395 e. The lowest BCUT2D eigenvalue weighted by Crippen LogP contribution is -2.11. The Morgan fingerprint density at radius 2 is 2.22 bits per heavy atom. The van der Waals surface area contributed by atoms with Crippen molar-refractivity contribution in [3.05, 3.63) is 30.5 Å². The second-order valence-corrected chi connectivity index (χ2v) is 6.30. The van der Waals surface area contributed by atoms with Crippen molar-refractivity contribution in [2.75, 3.05) is 25.0 Å². The normalized spacial score (nSPS) is 12.4.